The third kappa shape index (κ3) is 3.03. The fourth-order valence-electron chi connectivity index (χ4n) is 2.66. The van der Waals surface area contributed by atoms with E-state index in [4.69, 9.17) is 0 Å². The molecule has 110 valence electrons. The van der Waals surface area contributed by atoms with Crippen LogP contribution >= 0.6 is 0 Å². The summed E-state index contributed by atoms with van der Waals surface area (Å²) in [7, 11) is 1.64. The number of rotatable bonds is 3. The number of hydrogen-bond donors (Lipinski definition) is 1. The van der Waals surface area contributed by atoms with Gasteiger partial charge in [0.1, 0.15) is 5.82 Å². The predicted octanol–water partition coefficient (Wildman–Crippen LogP) is 4.61. The van der Waals surface area contributed by atoms with Crippen LogP contribution < -0.4 is 5.32 Å². The average molecular weight is 287 g/mol. The van der Waals surface area contributed by atoms with E-state index in [0.717, 1.165) is 37.3 Å². The van der Waals surface area contributed by atoms with Crippen molar-refractivity contribution in [1.29, 1.82) is 0 Å². The first-order valence-electron chi connectivity index (χ1n) is 6.67. The minimum Gasteiger partial charge on any atom is -0.310 e. The van der Waals surface area contributed by atoms with Crippen molar-refractivity contribution in [3.8, 4) is 0 Å². The Hall–Kier alpha value is -1.36. The van der Waals surface area contributed by atoms with Crippen molar-refractivity contribution in [3.05, 3.63) is 46.8 Å². The minimum atomic E-state index is -4.67. The summed E-state index contributed by atoms with van der Waals surface area (Å²) in [4.78, 5) is 0. The van der Waals surface area contributed by atoms with Gasteiger partial charge >= 0.3 is 6.18 Å². The lowest BCUT2D eigenvalue weighted by Gasteiger charge is -2.24. The van der Waals surface area contributed by atoms with Gasteiger partial charge in [-0.1, -0.05) is 23.8 Å². The van der Waals surface area contributed by atoms with Crippen LogP contribution in [0.2, 0.25) is 0 Å². The highest BCUT2D eigenvalue weighted by molar-refractivity contribution is 5.35. The molecule has 1 aliphatic rings. The lowest BCUT2D eigenvalue weighted by atomic mass is 9.89. The first-order valence-corrected chi connectivity index (χ1v) is 6.67. The van der Waals surface area contributed by atoms with Crippen LogP contribution in [0.3, 0.4) is 0 Å². The standard InChI is InChI=1S/C15H17F4N/c1-20-14(10-6-3-2-4-7-10)11-8-5-9-12(13(11)16)15(17,18)19/h5-6,8-9,14,20H,2-4,7H2,1H3. The van der Waals surface area contributed by atoms with Crippen molar-refractivity contribution in [2.24, 2.45) is 0 Å². The lowest BCUT2D eigenvalue weighted by molar-refractivity contribution is -0.140. The lowest BCUT2D eigenvalue weighted by Crippen LogP contribution is -2.22. The normalized spacial score (nSPS) is 17.8. The van der Waals surface area contributed by atoms with Gasteiger partial charge in [-0.2, -0.15) is 13.2 Å². The number of alkyl halides is 3. The fraction of sp³-hybridized carbons (Fsp3) is 0.467. The van der Waals surface area contributed by atoms with E-state index in [1.807, 2.05) is 6.08 Å². The molecule has 0 bridgehead atoms. The van der Waals surface area contributed by atoms with Crippen LogP contribution in [0.25, 0.3) is 0 Å². The van der Waals surface area contributed by atoms with E-state index in [-0.39, 0.29) is 5.56 Å². The van der Waals surface area contributed by atoms with Gasteiger partial charge in [-0.05, 0) is 38.8 Å². The summed E-state index contributed by atoms with van der Waals surface area (Å²) in [5, 5.41) is 2.93. The van der Waals surface area contributed by atoms with Gasteiger partial charge in [0.05, 0.1) is 11.6 Å². The Labute approximate surface area is 115 Å². The molecule has 0 amide bonds. The first-order chi connectivity index (χ1) is 9.45. The number of allylic oxidation sites excluding steroid dienone is 1. The van der Waals surface area contributed by atoms with Crippen molar-refractivity contribution in [1.82, 2.24) is 5.32 Å². The van der Waals surface area contributed by atoms with Crippen LogP contribution in [0.4, 0.5) is 17.6 Å². The second kappa shape index (κ2) is 5.95. The Morgan fingerprint density at radius 1 is 1.20 bits per heavy atom. The zero-order valence-corrected chi connectivity index (χ0v) is 11.2. The molecule has 0 aromatic heterocycles. The van der Waals surface area contributed by atoms with Crippen LogP contribution in [0.1, 0.15) is 42.9 Å². The summed E-state index contributed by atoms with van der Waals surface area (Å²) in [6.07, 6.45) is 1.09. The summed E-state index contributed by atoms with van der Waals surface area (Å²) in [5.41, 5.74) is -0.167. The fourth-order valence-corrected chi connectivity index (χ4v) is 2.66. The summed E-state index contributed by atoms with van der Waals surface area (Å²) in [6, 6.07) is 2.97. The van der Waals surface area contributed by atoms with Gasteiger partial charge in [-0.3, -0.25) is 0 Å². The topological polar surface area (TPSA) is 12.0 Å². The van der Waals surface area contributed by atoms with Crippen LogP contribution in [-0.4, -0.2) is 7.05 Å². The Balaban J connectivity index is 2.42. The third-order valence-corrected chi connectivity index (χ3v) is 3.63. The van der Waals surface area contributed by atoms with E-state index in [1.165, 1.54) is 12.1 Å². The third-order valence-electron chi connectivity index (χ3n) is 3.63. The highest BCUT2D eigenvalue weighted by atomic mass is 19.4. The molecule has 20 heavy (non-hydrogen) atoms. The summed E-state index contributed by atoms with van der Waals surface area (Å²) in [6.45, 7) is 0. The van der Waals surface area contributed by atoms with E-state index in [2.05, 4.69) is 5.32 Å². The van der Waals surface area contributed by atoms with Crippen LogP contribution in [0.5, 0.6) is 0 Å². The molecule has 1 atom stereocenters. The average Bonchev–Trinajstić information content (AvgIpc) is 2.41. The monoisotopic (exact) mass is 287 g/mol. The van der Waals surface area contributed by atoms with Crippen LogP contribution in [0.15, 0.2) is 29.8 Å². The van der Waals surface area contributed by atoms with Crippen molar-refractivity contribution < 1.29 is 17.6 Å². The van der Waals surface area contributed by atoms with Gasteiger partial charge in [0.15, 0.2) is 0 Å². The SMILES string of the molecule is CNC(C1=CCCCC1)c1cccc(C(F)(F)F)c1F. The van der Waals surface area contributed by atoms with Crippen molar-refractivity contribution in [2.45, 2.75) is 37.9 Å². The zero-order chi connectivity index (χ0) is 14.8. The van der Waals surface area contributed by atoms with Gasteiger partial charge in [-0.15, -0.1) is 0 Å². The van der Waals surface area contributed by atoms with Crippen molar-refractivity contribution in [3.63, 3.8) is 0 Å². The Morgan fingerprint density at radius 3 is 2.50 bits per heavy atom. The van der Waals surface area contributed by atoms with E-state index in [0.29, 0.717) is 0 Å². The van der Waals surface area contributed by atoms with Gasteiger partial charge in [0.25, 0.3) is 0 Å². The molecule has 2 rings (SSSR count). The largest absolute Gasteiger partial charge is 0.419 e. The molecular weight excluding hydrogens is 270 g/mol. The molecule has 0 spiro atoms. The van der Waals surface area contributed by atoms with Gasteiger partial charge < -0.3 is 5.32 Å². The van der Waals surface area contributed by atoms with Crippen LogP contribution in [0, 0.1) is 5.82 Å². The highest BCUT2D eigenvalue weighted by Gasteiger charge is 2.36. The molecule has 0 aliphatic heterocycles. The second-order valence-corrected chi connectivity index (χ2v) is 4.95. The quantitative estimate of drug-likeness (QED) is 0.632. The molecule has 1 unspecified atom stereocenters. The Bertz CT molecular complexity index is 505. The molecule has 0 saturated heterocycles. The van der Waals surface area contributed by atoms with E-state index in [1.54, 1.807) is 7.05 Å². The highest BCUT2D eigenvalue weighted by Crippen LogP contribution is 2.36. The molecule has 0 fully saturated rings. The van der Waals surface area contributed by atoms with Gasteiger partial charge in [0, 0.05) is 5.56 Å². The number of hydrogen-bond acceptors (Lipinski definition) is 1. The molecule has 0 saturated carbocycles. The second-order valence-electron chi connectivity index (χ2n) is 4.95. The maximum atomic E-state index is 14.2. The predicted molar refractivity (Wildman–Crippen MR) is 69.8 cm³/mol. The Morgan fingerprint density at radius 2 is 1.95 bits per heavy atom. The van der Waals surface area contributed by atoms with E-state index >= 15 is 0 Å². The van der Waals surface area contributed by atoms with Crippen LogP contribution in [-0.2, 0) is 6.18 Å². The maximum Gasteiger partial charge on any atom is 0.419 e. The molecule has 1 N–H and O–H groups in total. The molecule has 1 aromatic carbocycles. The number of benzene rings is 1. The van der Waals surface area contributed by atoms with Gasteiger partial charge in [0.2, 0.25) is 0 Å². The summed E-state index contributed by atoms with van der Waals surface area (Å²) in [5.74, 6) is -1.18. The van der Waals surface area contributed by atoms with Crippen molar-refractivity contribution >= 4 is 0 Å². The number of halogens is 4. The van der Waals surface area contributed by atoms with E-state index < -0.39 is 23.6 Å². The maximum absolute atomic E-state index is 14.2. The molecule has 0 radical (unpaired) electrons. The summed E-state index contributed by atoms with van der Waals surface area (Å²) < 4.78 is 52.5. The van der Waals surface area contributed by atoms with E-state index in [9.17, 15) is 17.6 Å². The number of nitrogens with one attached hydrogen (secondary N) is 1. The Kier molecular flexibility index (Phi) is 4.48. The molecule has 1 aromatic rings. The molecule has 1 nitrogen and oxygen atoms in total. The molecule has 1 aliphatic carbocycles. The molecule has 5 heteroatoms. The van der Waals surface area contributed by atoms with Gasteiger partial charge in [-0.25, -0.2) is 4.39 Å². The molecular formula is C15H17F4N. The number of likely N-dealkylation sites (N-methyl/N-ethyl adjacent to an activating group) is 1. The minimum absolute atomic E-state index is 0.0653. The molecule has 0 heterocycles. The zero-order valence-electron chi connectivity index (χ0n) is 11.2. The smallest absolute Gasteiger partial charge is 0.310 e. The van der Waals surface area contributed by atoms with Crippen molar-refractivity contribution in [2.75, 3.05) is 7.05 Å². The first kappa shape index (κ1) is 15.0. The summed E-state index contributed by atoms with van der Waals surface area (Å²) >= 11 is 0.